The summed E-state index contributed by atoms with van der Waals surface area (Å²) in [6.07, 6.45) is 0.852. The molecule has 0 atom stereocenters. The molecular formula is C20H20N2O2. The molecule has 2 aromatic carbocycles. The van der Waals surface area contributed by atoms with Crippen LogP contribution in [0.25, 0.3) is 22.4 Å². The molecule has 0 spiro atoms. The van der Waals surface area contributed by atoms with Gasteiger partial charge >= 0.3 is 0 Å². The van der Waals surface area contributed by atoms with Crippen LogP contribution < -0.4 is 0 Å². The normalized spacial score (nSPS) is 14.5. The van der Waals surface area contributed by atoms with Crippen LogP contribution in [-0.4, -0.2) is 34.9 Å². The van der Waals surface area contributed by atoms with Gasteiger partial charge in [-0.1, -0.05) is 59.8 Å². The zero-order valence-electron chi connectivity index (χ0n) is 13.5. The van der Waals surface area contributed by atoms with Gasteiger partial charge in [-0.25, -0.2) is 0 Å². The molecule has 0 saturated carbocycles. The van der Waals surface area contributed by atoms with Crippen molar-refractivity contribution >= 4 is 0 Å². The van der Waals surface area contributed by atoms with Gasteiger partial charge in [0.1, 0.15) is 11.5 Å². The van der Waals surface area contributed by atoms with Crippen molar-refractivity contribution in [1.29, 1.82) is 0 Å². The summed E-state index contributed by atoms with van der Waals surface area (Å²) in [5.74, 6) is 0.978. The monoisotopic (exact) mass is 320 g/mol. The topological polar surface area (TPSA) is 49.5 Å². The minimum absolute atomic E-state index is 0.182. The summed E-state index contributed by atoms with van der Waals surface area (Å²) in [4.78, 5) is 2.24. The predicted octanol–water partition coefficient (Wildman–Crippen LogP) is 3.36. The van der Waals surface area contributed by atoms with E-state index in [0.29, 0.717) is 6.54 Å². The van der Waals surface area contributed by atoms with Crippen LogP contribution in [0.3, 0.4) is 0 Å². The van der Waals surface area contributed by atoms with E-state index in [4.69, 9.17) is 9.63 Å². The maximum absolute atomic E-state index is 9.16. The van der Waals surface area contributed by atoms with Crippen molar-refractivity contribution in [2.75, 3.05) is 19.7 Å². The number of aliphatic hydroxyl groups excluding tert-OH is 1. The highest BCUT2D eigenvalue weighted by atomic mass is 16.5. The summed E-state index contributed by atoms with van der Waals surface area (Å²) in [6.45, 7) is 2.57. The number of nitrogens with zero attached hydrogens (tertiary/aromatic N) is 2. The first-order valence-corrected chi connectivity index (χ1v) is 8.31. The molecule has 1 aliphatic rings. The van der Waals surface area contributed by atoms with Crippen molar-refractivity contribution in [3.63, 3.8) is 0 Å². The third kappa shape index (κ3) is 2.86. The number of benzene rings is 2. The van der Waals surface area contributed by atoms with Gasteiger partial charge in [0.05, 0.1) is 6.61 Å². The van der Waals surface area contributed by atoms with Crippen molar-refractivity contribution in [3.8, 4) is 22.4 Å². The van der Waals surface area contributed by atoms with Crippen LogP contribution in [0, 0.1) is 0 Å². The van der Waals surface area contributed by atoms with E-state index in [2.05, 4.69) is 46.5 Å². The Bertz CT molecular complexity index is 809. The average Bonchev–Trinajstić information content (AvgIpc) is 3.06. The molecule has 1 N–H and O–H groups in total. The Kier molecular flexibility index (Phi) is 4.15. The number of hydrogen-bond donors (Lipinski definition) is 1. The first-order chi connectivity index (χ1) is 11.8. The number of hydrogen-bond acceptors (Lipinski definition) is 4. The molecule has 0 fully saturated rings. The molecule has 3 aromatic rings. The van der Waals surface area contributed by atoms with E-state index < -0.39 is 0 Å². The van der Waals surface area contributed by atoms with E-state index in [0.717, 1.165) is 42.1 Å². The predicted molar refractivity (Wildman–Crippen MR) is 93.4 cm³/mol. The minimum Gasteiger partial charge on any atom is -0.395 e. The van der Waals surface area contributed by atoms with Crippen LogP contribution in [0.15, 0.2) is 59.1 Å². The second-order valence-corrected chi connectivity index (χ2v) is 6.13. The van der Waals surface area contributed by atoms with E-state index in [1.165, 1.54) is 11.1 Å². The Balaban J connectivity index is 1.62. The highest BCUT2D eigenvalue weighted by Crippen LogP contribution is 2.31. The van der Waals surface area contributed by atoms with Crippen molar-refractivity contribution in [2.45, 2.75) is 13.0 Å². The maximum Gasteiger partial charge on any atom is 0.143 e. The first-order valence-electron chi connectivity index (χ1n) is 8.31. The fourth-order valence-electron chi connectivity index (χ4n) is 3.28. The number of aromatic nitrogens is 1. The lowest BCUT2D eigenvalue weighted by atomic mass is 9.99. The van der Waals surface area contributed by atoms with Crippen molar-refractivity contribution < 1.29 is 9.63 Å². The van der Waals surface area contributed by atoms with E-state index in [1.807, 2.05) is 18.2 Å². The Morgan fingerprint density at radius 1 is 0.958 bits per heavy atom. The van der Waals surface area contributed by atoms with Gasteiger partial charge in [0.2, 0.25) is 0 Å². The van der Waals surface area contributed by atoms with Gasteiger partial charge in [-0.15, -0.1) is 0 Å². The maximum atomic E-state index is 9.16. The molecule has 24 heavy (non-hydrogen) atoms. The van der Waals surface area contributed by atoms with E-state index >= 15 is 0 Å². The zero-order valence-corrected chi connectivity index (χ0v) is 13.5. The summed E-state index contributed by atoms with van der Waals surface area (Å²) in [6, 6.07) is 18.8. The van der Waals surface area contributed by atoms with Gasteiger partial charge in [-0.3, -0.25) is 4.90 Å². The molecule has 1 aliphatic heterocycles. The lowest BCUT2D eigenvalue weighted by Crippen LogP contribution is -2.32. The van der Waals surface area contributed by atoms with Crippen molar-refractivity contribution in [2.24, 2.45) is 0 Å². The van der Waals surface area contributed by atoms with Crippen LogP contribution in [0.1, 0.15) is 11.3 Å². The quantitative estimate of drug-likeness (QED) is 0.801. The molecule has 0 aliphatic carbocycles. The van der Waals surface area contributed by atoms with E-state index in [1.54, 1.807) is 0 Å². The van der Waals surface area contributed by atoms with E-state index in [-0.39, 0.29) is 6.61 Å². The molecule has 4 nitrogen and oxygen atoms in total. The molecule has 122 valence electrons. The smallest absolute Gasteiger partial charge is 0.143 e. The largest absolute Gasteiger partial charge is 0.395 e. The second-order valence-electron chi connectivity index (χ2n) is 6.13. The van der Waals surface area contributed by atoms with Gasteiger partial charge in [0.25, 0.3) is 0 Å². The molecule has 2 heterocycles. The lowest BCUT2D eigenvalue weighted by molar-refractivity contribution is 0.178. The highest BCUT2D eigenvalue weighted by Gasteiger charge is 2.24. The standard InChI is InChI=1S/C20H20N2O2/c23-13-12-22-11-10-19-18(14-22)20(21-24-19)17-8-6-16(7-9-17)15-4-2-1-3-5-15/h1-9,23H,10-14H2. The number of rotatable bonds is 4. The summed E-state index contributed by atoms with van der Waals surface area (Å²) in [5.41, 5.74) is 5.55. The third-order valence-electron chi connectivity index (χ3n) is 4.59. The molecule has 0 saturated heterocycles. The zero-order chi connectivity index (χ0) is 16.4. The SMILES string of the molecule is OCCN1CCc2onc(-c3ccc(-c4ccccc4)cc3)c2C1. The van der Waals surface area contributed by atoms with Gasteiger partial charge in [-0.05, 0) is 11.1 Å². The molecule has 4 heteroatoms. The first kappa shape index (κ1) is 15.1. The molecule has 0 bridgehead atoms. The lowest BCUT2D eigenvalue weighted by Gasteiger charge is -2.25. The Labute approximate surface area is 141 Å². The molecule has 4 rings (SSSR count). The summed E-state index contributed by atoms with van der Waals surface area (Å²) >= 11 is 0. The van der Waals surface area contributed by atoms with E-state index in [9.17, 15) is 0 Å². The number of fused-ring (bicyclic) bond motifs is 1. The van der Waals surface area contributed by atoms with Gasteiger partial charge < -0.3 is 9.63 Å². The molecular weight excluding hydrogens is 300 g/mol. The van der Waals surface area contributed by atoms with Crippen molar-refractivity contribution in [3.05, 3.63) is 65.9 Å². The van der Waals surface area contributed by atoms with Crippen LogP contribution in [0.5, 0.6) is 0 Å². The van der Waals surface area contributed by atoms with Crippen molar-refractivity contribution in [1.82, 2.24) is 10.1 Å². The molecule has 1 aromatic heterocycles. The summed E-state index contributed by atoms with van der Waals surface area (Å²) in [5, 5.41) is 13.5. The highest BCUT2D eigenvalue weighted by molar-refractivity contribution is 5.70. The fraction of sp³-hybridized carbons (Fsp3) is 0.250. The second kappa shape index (κ2) is 6.59. The Morgan fingerprint density at radius 2 is 1.67 bits per heavy atom. The van der Waals surface area contributed by atoms with Gasteiger partial charge in [0, 0.05) is 37.2 Å². The van der Waals surface area contributed by atoms with Crippen LogP contribution >= 0.6 is 0 Å². The molecule has 0 unspecified atom stereocenters. The fourth-order valence-corrected chi connectivity index (χ4v) is 3.28. The third-order valence-corrected chi connectivity index (χ3v) is 4.59. The number of β-amino-alcohol motifs (C(OH)–C–C–N with tert-alkyl or cyclic N) is 1. The average molecular weight is 320 g/mol. The van der Waals surface area contributed by atoms with Crippen LogP contribution in [0.2, 0.25) is 0 Å². The molecule has 0 radical (unpaired) electrons. The number of aliphatic hydroxyl groups is 1. The molecule has 0 amide bonds. The van der Waals surface area contributed by atoms with Gasteiger partial charge in [0.15, 0.2) is 0 Å². The summed E-state index contributed by atoms with van der Waals surface area (Å²) < 4.78 is 5.54. The van der Waals surface area contributed by atoms with Crippen LogP contribution in [0.4, 0.5) is 0 Å². The minimum atomic E-state index is 0.182. The van der Waals surface area contributed by atoms with Gasteiger partial charge in [-0.2, -0.15) is 0 Å². The van der Waals surface area contributed by atoms with Crippen LogP contribution in [-0.2, 0) is 13.0 Å². The Hall–Kier alpha value is -2.43. The summed E-state index contributed by atoms with van der Waals surface area (Å²) in [7, 11) is 0. The Morgan fingerprint density at radius 3 is 2.42 bits per heavy atom.